The van der Waals surface area contributed by atoms with Crippen molar-refractivity contribution in [3.8, 4) is 0 Å². The highest BCUT2D eigenvalue weighted by atomic mass is 16.4. The van der Waals surface area contributed by atoms with Gasteiger partial charge >= 0.3 is 0 Å². The van der Waals surface area contributed by atoms with Crippen molar-refractivity contribution in [3.63, 3.8) is 0 Å². The number of hydrogen-bond acceptors (Lipinski definition) is 3. The molecule has 0 spiro atoms. The highest BCUT2D eigenvalue weighted by Crippen LogP contribution is 2.43. The van der Waals surface area contributed by atoms with Crippen LogP contribution in [-0.2, 0) is 4.79 Å². The van der Waals surface area contributed by atoms with E-state index in [9.17, 15) is 4.79 Å². The van der Waals surface area contributed by atoms with Crippen LogP contribution in [0, 0.1) is 11.3 Å². The molecule has 2 aliphatic carbocycles. The molecule has 0 aromatic rings. The van der Waals surface area contributed by atoms with Gasteiger partial charge in [0.1, 0.15) is 5.41 Å². The average Bonchev–Trinajstić information content (AvgIpc) is 3.01. The Hall–Kier alpha value is -1.26. The third kappa shape index (κ3) is 2.07. The predicted octanol–water partition coefficient (Wildman–Crippen LogP) is 2.08. The number of oxime groups is 1. The van der Waals surface area contributed by atoms with Gasteiger partial charge in [0.15, 0.2) is 5.84 Å². The van der Waals surface area contributed by atoms with Crippen LogP contribution in [0.4, 0.5) is 0 Å². The minimum Gasteiger partial charge on any atom is -0.409 e. The molecule has 3 N–H and O–H groups in total. The first-order chi connectivity index (χ1) is 9.67. The molecule has 1 heterocycles. The van der Waals surface area contributed by atoms with E-state index in [-0.39, 0.29) is 11.7 Å². The van der Waals surface area contributed by atoms with E-state index in [1.54, 1.807) is 0 Å². The molecule has 0 radical (unpaired) electrons. The lowest BCUT2D eigenvalue weighted by atomic mass is 9.77. The number of fused-ring (bicyclic) bond motifs is 2. The Morgan fingerprint density at radius 3 is 2.40 bits per heavy atom. The van der Waals surface area contributed by atoms with Crippen molar-refractivity contribution in [2.45, 2.75) is 63.8 Å². The summed E-state index contributed by atoms with van der Waals surface area (Å²) < 4.78 is 0. The first kappa shape index (κ1) is 13.7. The third-order valence-corrected chi connectivity index (χ3v) is 5.63. The van der Waals surface area contributed by atoms with Crippen molar-refractivity contribution >= 4 is 11.7 Å². The zero-order chi connectivity index (χ0) is 14.2. The molecule has 20 heavy (non-hydrogen) atoms. The minimum absolute atomic E-state index is 0.127. The highest BCUT2D eigenvalue weighted by molar-refractivity contribution is 6.07. The van der Waals surface area contributed by atoms with Gasteiger partial charge in [-0.05, 0) is 38.0 Å². The molecular formula is C15H25N3O2. The second kappa shape index (κ2) is 5.26. The number of carbonyl (C=O) groups excluding carboxylic acids is 1. The molecule has 2 bridgehead atoms. The summed E-state index contributed by atoms with van der Waals surface area (Å²) in [5.41, 5.74) is 5.23. The molecule has 1 saturated heterocycles. The third-order valence-electron chi connectivity index (χ3n) is 5.63. The Kier molecular flexibility index (Phi) is 3.61. The first-order valence-electron chi connectivity index (χ1n) is 7.96. The Morgan fingerprint density at radius 2 is 1.90 bits per heavy atom. The van der Waals surface area contributed by atoms with Gasteiger partial charge in [0.2, 0.25) is 5.91 Å². The fourth-order valence-corrected chi connectivity index (χ4v) is 4.46. The number of amides is 1. The number of piperidine rings is 1. The summed E-state index contributed by atoms with van der Waals surface area (Å²) in [6.07, 6.45) is 9.25. The van der Waals surface area contributed by atoms with Gasteiger partial charge < -0.3 is 15.8 Å². The standard InChI is InChI=1S/C15H25N3O2/c16-13(17-20)15(7-3-1-2-4-8-15)14(19)18-10-11-5-6-12(18)9-11/h11-12,20H,1-10H2,(H2,16,17). The summed E-state index contributed by atoms with van der Waals surface area (Å²) in [6, 6.07) is 0.402. The summed E-state index contributed by atoms with van der Waals surface area (Å²) >= 11 is 0. The van der Waals surface area contributed by atoms with Gasteiger partial charge in [-0.15, -0.1) is 0 Å². The number of nitrogens with zero attached hydrogens (tertiary/aromatic N) is 2. The van der Waals surface area contributed by atoms with E-state index in [2.05, 4.69) is 5.16 Å². The van der Waals surface area contributed by atoms with Gasteiger partial charge in [0, 0.05) is 12.6 Å². The zero-order valence-electron chi connectivity index (χ0n) is 12.1. The smallest absolute Gasteiger partial charge is 0.236 e. The molecule has 1 aliphatic heterocycles. The van der Waals surface area contributed by atoms with Gasteiger partial charge in [0.25, 0.3) is 0 Å². The summed E-state index contributed by atoms with van der Waals surface area (Å²) in [5, 5.41) is 12.4. The summed E-state index contributed by atoms with van der Waals surface area (Å²) in [6.45, 7) is 0.879. The molecule has 5 nitrogen and oxygen atoms in total. The van der Waals surface area contributed by atoms with Crippen LogP contribution >= 0.6 is 0 Å². The van der Waals surface area contributed by atoms with Crippen LogP contribution in [0.1, 0.15) is 57.8 Å². The van der Waals surface area contributed by atoms with Crippen molar-refractivity contribution in [1.82, 2.24) is 4.90 Å². The van der Waals surface area contributed by atoms with Crippen LogP contribution < -0.4 is 5.73 Å². The molecule has 2 atom stereocenters. The monoisotopic (exact) mass is 279 g/mol. The lowest BCUT2D eigenvalue weighted by Crippen LogP contribution is -2.53. The lowest BCUT2D eigenvalue weighted by Gasteiger charge is -2.37. The fourth-order valence-electron chi connectivity index (χ4n) is 4.46. The van der Waals surface area contributed by atoms with Crippen LogP contribution in [0.3, 0.4) is 0 Å². The van der Waals surface area contributed by atoms with Crippen molar-refractivity contribution in [2.75, 3.05) is 6.54 Å². The van der Waals surface area contributed by atoms with Crippen LogP contribution in [0.2, 0.25) is 0 Å². The summed E-state index contributed by atoms with van der Waals surface area (Å²) in [7, 11) is 0. The largest absolute Gasteiger partial charge is 0.409 e. The molecule has 3 aliphatic rings. The second-order valence-electron chi connectivity index (χ2n) is 6.77. The molecule has 3 rings (SSSR count). The number of amidine groups is 1. The Morgan fingerprint density at radius 1 is 1.20 bits per heavy atom. The van der Waals surface area contributed by atoms with Crippen LogP contribution in [-0.4, -0.2) is 34.4 Å². The van der Waals surface area contributed by atoms with Gasteiger partial charge in [-0.25, -0.2) is 0 Å². The number of nitrogens with two attached hydrogens (primary N) is 1. The maximum absolute atomic E-state index is 13.1. The normalized spacial score (nSPS) is 33.2. The summed E-state index contributed by atoms with van der Waals surface area (Å²) in [4.78, 5) is 15.2. The van der Waals surface area contributed by atoms with E-state index in [1.807, 2.05) is 4.90 Å². The molecule has 1 amide bonds. The molecule has 0 aromatic carbocycles. The SMILES string of the molecule is NC(=NO)C1(C(=O)N2CC3CCC2C3)CCCCCC1. The predicted molar refractivity (Wildman–Crippen MR) is 76.4 cm³/mol. The van der Waals surface area contributed by atoms with Gasteiger partial charge in [-0.3, -0.25) is 4.79 Å². The van der Waals surface area contributed by atoms with Crippen molar-refractivity contribution in [3.05, 3.63) is 0 Å². The van der Waals surface area contributed by atoms with Gasteiger partial charge in [0.05, 0.1) is 0 Å². The van der Waals surface area contributed by atoms with Crippen molar-refractivity contribution < 1.29 is 10.0 Å². The average molecular weight is 279 g/mol. The number of hydrogen-bond donors (Lipinski definition) is 2. The van der Waals surface area contributed by atoms with E-state index in [4.69, 9.17) is 10.9 Å². The van der Waals surface area contributed by atoms with Crippen molar-refractivity contribution in [1.29, 1.82) is 0 Å². The van der Waals surface area contributed by atoms with E-state index in [1.165, 1.54) is 6.42 Å². The van der Waals surface area contributed by atoms with E-state index in [0.29, 0.717) is 12.0 Å². The maximum Gasteiger partial charge on any atom is 0.236 e. The number of likely N-dealkylation sites (tertiary alicyclic amines) is 1. The Labute approximate surface area is 120 Å². The van der Waals surface area contributed by atoms with Crippen LogP contribution in [0.25, 0.3) is 0 Å². The number of rotatable bonds is 2. The molecule has 5 heteroatoms. The molecule has 3 fully saturated rings. The zero-order valence-corrected chi connectivity index (χ0v) is 12.1. The lowest BCUT2D eigenvalue weighted by molar-refractivity contribution is -0.140. The quantitative estimate of drug-likeness (QED) is 0.267. The van der Waals surface area contributed by atoms with Crippen LogP contribution in [0.15, 0.2) is 5.16 Å². The van der Waals surface area contributed by atoms with Crippen LogP contribution in [0.5, 0.6) is 0 Å². The Balaban J connectivity index is 1.86. The summed E-state index contributed by atoms with van der Waals surface area (Å²) in [5.74, 6) is 0.938. The van der Waals surface area contributed by atoms with Gasteiger partial charge in [-0.1, -0.05) is 30.8 Å². The topological polar surface area (TPSA) is 78.9 Å². The number of carbonyl (C=O) groups is 1. The van der Waals surface area contributed by atoms with E-state index < -0.39 is 5.41 Å². The molecule has 0 aromatic heterocycles. The Bertz CT molecular complexity index is 413. The van der Waals surface area contributed by atoms with Gasteiger partial charge in [-0.2, -0.15) is 0 Å². The van der Waals surface area contributed by atoms with Crippen molar-refractivity contribution in [2.24, 2.45) is 22.2 Å². The van der Waals surface area contributed by atoms with E-state index in [0.717, 1.165) is 57.9 Å². The van der Waals surface area contributed by atoms with E-state index >= 15 is 0 Å². The molecule has 2 saturated carbocycles. The molecule has 2 unspecified atom stereocenters. The maximum atomic E-state index is 13.1. The highest BCUT2D eigenvalue weighted by Gasteiger charge is 2.50. The second-order valence-corrected chi connectivity index (χ2v) is 6.77. The fraction of sp³-hybridized carbons (Fsp3) is 0.867. The molecular weight excluding hydrogens is 254 g/mol. The first-order valence-corrected chi connectivity index (χ1v) is 7.96. The molecule has 112 valence electrons. The minimum atomic E-state index is -0.740.